The average molecular weight is 319 g/mol. The van der Waals surface area contributed by atoms with Crippen molar-refractivity contribution >= 4 is 23.6 Å². The summed E-state index contributed by atoms with van der Waals surface area (Å²) in [6, 6.07) is 1.00. The van der Waals surface area contributed by atoms with Gasteiger partial charge in [0.15, 0.2) is 5.78 Å². The molecule has 1 aromatic heterocycles. The van der Waals surface area contributed by atoms with Crippen LogP contribution in [0.2, 0.25) is 0 Å². The Morgan fingerprint density at radius 1 is 1.09 bits per heavy atom. The van der Waals surface area contributed by atoms with Gasteiger partial charge in [0.1, 0.15) is 0 Å². The molecule has 0 spiro atoms. The second-order valence-corrected chi connectivity index (χ2v) is 6.25. The highest BCUT2D eigenvalue weighted by atomic mass is 16.2. The summed E-state index contributed by atoms with van der Waals surface area (Å²) in [6.45, 7) is 7.09. The van der Waals surface area contributed by atoms with E-state index in [4.69, 9.17) is 0 Å². The minimum Gasteiger partial charge on any atom is -0.351 e. The molecule has 7 nitrogen and oxygen atoms in total. The number of rotatable bonds is 5. The van der Waals surface area contributed by atoms with Crippen molar-refractivity contribution in [1.29, 1.82) is 0 Å². The molecule has 1 aromatic rings. The van der Waals surface area contributed by atoms with Gasteiger partial charge in [0.25, 0.3) is 0 Å². The molecule has 124 valence electrons. The largest absolute Gasteiger partial charge is 0.351 e. The maximum atomic E-state index is 12.4. The molecule has 0 N–H and O–H groups in total. The topological polar surface area (TPSA) is 79.7 Å². The molecule has 0 unspecified atom stereocenters. The first-order chi connectivity index (χ1) is 10.6. The smallest absolute Gasteiger partial charge is 0.334 e. The third-order valence-electron chi connectivity index (χ3n) is 4.06. The van der Waals surface area contributed by atoms with Gasteiger partial charge >= 0.3 is 17.8 Å². The number of imide groups is 2. The third-order valence-corrected chi connectivity index (χ3v) is 4.06. The number of aryl methyl sites for hydroxylation is 1. The number of hydrogen-bond donors (Lipinski definition) is 0. The fourth-order valence-electron chi connectivity index (χ4n) is 2.58. The lowest BCUT2D eigenvalue weighted by Crippen LogP contribution is -2.38. The summed E-state index contributed by atoms with van der Waals surface area (Å²) in [5, 5.41) is 0. The van der Waals surface area contributed by atoms with Gasteiger partial charge in [-0.15, -0.1) is 0 Å². The second-order valence-electron chi connectivity index (χ2n) is 6.25. The highest BCUT2D eigenvalue weighted by Gasteiger charge is 2.45. The zero-order chi connectivity index (χ0) is 17.5. The van der Waals surface area contributed by atoms with Crippen LogP contribution in [-0.4, -0.2) is 51.1 Å². The van der Waals surface area contributed by atoms with E-state index in [1.807, 2.05) is 32.4 Å². The zero-order valence-corrected chi connectivity index (χ0v) is 14.0. The van der Waals surface area contributed by atoms with Gasteiger partial charge in [-0.2, -0.15) is 0 Å². The number of aromatic nitrogens is 1. The SMILES string of the molecule is Cc1cc(C(=O)CN2C(=O)C(=O)N(CC(C)C)C2=O)c(C)n1C. The van der Waals surface area contributed by atoms with Crippen molar-refractivity contribution in [3.8, 4) is 0 Å². The van der Waals surface area contributed by atoms with Crippen LogP contribution >= 0.6 is 0 Å². The molecular weight excluding hydrogens is 298 g/mol. The van der Waals surface area contributed by atoms with E-state index >= 15 is 0 Å². The molecule has 1 aliphatic rings. The maximum absolute atomic E-state index is 12.4. The first kappa shape index (κ1) is 16.9. The molecule has 2 rings (SSSR count). The van der Waals surface area contributed by atoms with E-state index in [0.29, 0.717) is 5.56 Å². The molecule has 4 amide bonds. The molecule has 0 atom stereocenters. The van der Waals surface area contributed by atoms with Crippen LogP contribution < -0.4 is 0 Å². The summed E-state index contributed by atoms with van der Waals surface area (Å²) in [5.41, 5.74) is 2.12. The third kappa shape index (κ3) is 2.91. The van der Waals surface area contributed by atoms with Crippen LogP contribution in [0.1, 0.15) is 35.6 Å². The van der Waals surface area contributed by atoms with Gasteiger partial charge in [0.05, 0.1) is 6.54 Å². The highest BCUT2D eigenvalue weighted by Crippen LogP contribution is 2.18. The molecule has 1 saturated heterocycles. The Hall–Kier alpha value is -2.44. The molecule has 0 bridgehead atoms. The predicted molar refractivity (Wildman–Crippen MR) is 82.9 cm³/mol. The normalized spacial score (nSPS) is 15.3. The van der Waals surface area contributed by atoms with Crippen molar-refractivity contribution in [3.63, 3.8) is 0 Å². The van der Waals surface area contributed by atoms with Gasteiger partial charge in [0.2, 0.25) is 0 Å². The predicted octanol–water partition coefficient (Wildman–Crippen LogP) is 1.27. The van der Waals surface area contributed by atoms with Crippen LogP contribution in [0.3, 0.4) is 0 Å². The Bertz CT molecular complexity index is 702. The van der Waals surface area contributed by atoms with Gasteiger partial charge in [-0.1, -0.05) is 13.8 Å². The van der Waals surface area contributed by atoms with Crippen molar-refractivity contribution in [1.82, 2.24) is 14.4 Å². The fraction of sp³-hybridized carbons (Fsp3) is 0.500. The minimum absolute atomic E-state index is 0.0466. The first-order valence-corrected chi connectivity index (χ1v) is 7.48. The zero-order valence-electron chi connectivity index (χ0n) is 14.0. The summed E-state index contributed by atoms with van der Waals surface area (Å²) in [6.07, 6.45) is 0. The van der Waals surface area contributed by atoms with E-state index in [0.717, 1.165) is 21.2 Å². The van der Waals surface area contributed by atoms with Crippen LogP contribution in [-0.2, 0) is 16.6 Å². The average Bonchev–Trinajstić information content (AvgIpc) is 2.84. The van der Waals surface area contributed by atoms with Crippen LogP contribution in [0.4, 0.5) is 4.79 Å². The second kappa shape index (κ2) is 5.98. The first-order valence-electron chi connectivity index (χ1n) is 7.48. The quantitative estimate of drug-likeness (QED) is 0.465. The maximum Gasteiger partial charge on any atom is 0.334 e. The summed E-state index contributed by atoms with van der Waals surface area (Å²) >= 11 is 0. The van der Waals surface area contributed by atoms with Crippen LogP contribution in [0, 0.1) is 19.8 Å². The number of hydrogen-bond acceptors (Lipinski definition) is 4. The van der Waals surface area contributed by atoms with E-state index < -0.39 is 24.4 Å². The molecule has 23 heavy (non-hydrogen) atoms. The molecule has 2 heterocycles. The summed E-state index contributed by atoms with van der Waals surface area (Å²) in [5.74, 6) is -2.11. The fourth-order valence-corrected chi connectivity index (χ4v) is 2.58. The lowest BCUT2D eigenvalue weighted by atomic mass is 10.1. The number of urea groups is 1. The van der Waals surface area contributed by atoms with Crippen molar-refractivity contribution < 1.29 is 19.2 Å². The monoisotopic (exact) mass is 319 g/mol. The Morgan fingerprint density at radius 2 is 1.65 bits per heavy atom. The number of carbonyl (C=O) groups excluding carboxylic acids is 4. The Labute approximate surface area is 134 Å². The van der Waals surface area contributed by atoms with E-state index in [1.165, 1.54) is 0 Å². The number of nitrogens with zero attached hydrogens (tertiary/aromatic N) is 3. The van der Waals surface area contributed by atoms with E-state index in [9.17, 15) is 19.2 Å². The van der Waals surface area contributed by atoms with Gasteiger partial charge in [0, 0.05) is 30.5 Å². The van der Waals surface area contributed by atoms with Crippen molar-refractivity contribution in [3.05, 3.63) is 23.0 Å². The molecule has 0 aromatic carbocycles. The van der Waals surface area contributed by atoms with Crippen molar-refractivity contribution in [2.75, 3.05) is 13.1 Å². The molecule has 0 saturated carbocycles. The number of carbonyl (C=O) groups is 4. The Kier molecular flexibility index (Phi) is 4.40. The molecule has 0 radical (unpaired) electrons. The highest BCUT2D eigenvalue weighted by molar-refractivity contribution is 6.45. The summed E-state index contributed by atoms with van der Waals surface area (Å²) in [7, 11) is 1.83. The molecule has 7 heteroatoms. The number of amides is 4. The van der Waals surface area contributed by atoms with Gasteiger partial charge in [-0.3, -0.25) is 19.3 Å². The Morgan fingerprint density at radius 3 is 2.13 bits per heavy atom. The van der Waals surface area contributed by atoms with E-state index in [2.05, 4.69) is 0 Å². The molecular formula is C16H21N3O4. The lowest BCUT2D eigenvalue weighted by Gasteiger charge is -2.16. The van der Waals surface area contributed by atoms with Gasteiger partial charge < -0.3 is 4.57 Å². The summed E-state index contributed by atoms with van der Waals surface area (Å²) in [4.78, 5) is 50.2. The number of Topliss-reactive ketones (excluding diaryl/α,β-unsaturated/α-hetero) is 1. The number of ketones is 1. The van der Waals surface area contributed by atoms with E-state index in [1.54, 1.807) is 13.0 Å². The minimum atomic E-state index is -0.936. The standard InChI is InChI=1S/C16H21N3O4/c1-9(2)7-18-14(21)15(22)19(16(18)23)8-13(20)12-6-10(3)17(5)11(12)4/h6,9H,7-8H2,1-5H3. The Balaban J connectivity index is 2.21. The van der Waals surface area contributed by atoms with Crippen molar-refractivity contribution in [2.24, 2.45) is 13.0 Å². The lowest BCUT2D eigenvalue weighted by molar-refractivity contribution is -0.143. The molecule has 0 aliphatic carbocycles. The molecule has 1 fully saturated rings. The molecule has 1 aliphatic heterocycles. The van der Waals surface area contributed by atoms with Gasteiger partial charge in [-0.05, 0) is 25.8 Å². The van der Waals surface area contributed by atoms with Crippen LogP contribution in [0.25, 0.3) is 0 Å². The van der Waals surface area contributed by atoms with Crippen molar-refractivity contribution in [2.45, 2.75) is 27.7 Å². The van der Waals surface area contributed by atoms with Gasteiger partial charge in [-0.25, -0.2) is 9.69 Å². The van der Waals surface area contributed by atoms with Crippen LogP contribution in [0.5, 0.6) is 0 Å². The van der Waals surface area contributed by atoms with E-state index in [-0.39, 0.29) is 18.2 Å². The van der Waals surface area contributed by atoms with Crippen LogP contribution in [0.15, 0.2) is 6.07 Å². The summed E-state index contributed by atoms with van der Waals surface area (Å²) < 4.78 is 1.86.